The van der Waals surface area contributed by atoms with Crippen LogP contribution in [0, 0.1) is 5.92 Å². The molecule has 1 aliphatic rings. The van der Waals surface area contributed by atoms with Crippen molar-refractivity contribution < 1.29 is 4.74 Å². The molecule has 1 radical (unpaired) electrons. The third-order valence-corrected chi connectivity index (χ3v) is 2.64. The lowest BCUT2D eigenvalue weighted by atomic mass is 10.1. The fraction of sp³-hybridized carbons (Fsp3) is 0.417. The van der Waals surface area contributed by atoms with E-state index in [1.54, 1.807) is 13.0 Å². The summed E-state index contributed by atoms with van der Waals surface area (Å²) in [4.78, 5) is 0. The summed E-state index contributed by atoms with van der Waals surface area (Å²) in [6, 6.07) is 8.73. The maximum absolute atomic E-state index is 5.25. The van der Waals surface area contributed by atoms with Gasteiger partial charge in [0.1, 0.15) is 0 Å². The number of hydrogen-bond acceptors (Lipinski definition) is 1. The number of methoxy groups -OCH3 is 1. The molecule has 1 aromatic rings. The first kappa shape index (κ1) is 8.76. The lowest BCUT2D eigenvalue weighted by Crippen LogP contribution is -1.95. The van der Waals surface area contributed by atoms with Crippen LogP contribution in [0.2, 0.25) is 0 Å². The largest absolute Gasteiger partial charge is 0.377 e. The van der Waals surface area contributed by atoms with E-state index >= 15 is 0 Å². The molecule has 1 aromatic carbocycles. The summed E-state index contributed by atoms with van der Waals surface area (Å²) in [5, 5.41) is 0. The summed E-state index contributed by atoms with van der Waals surface area (Å²) in [5.74, 6) is 1.59. The van der Waals surface area contributed by atoms with Gasteiger partial charge in [-0.2, -0.15) is 0 Å². The van der Waals surface area contributed by atoms with E-state index in [0.29, 0.717) is 0 Å². The first-order valence-electron chi connectivity index (χ1n) is 4.79. The van der Waals surface area contributed by atoms with Gasteiger partial charge in [-0.05, 0) is 30.9 Å². The fourth-order valence-electron chi connectivity index (χ4n) is 1.48. The molecule has 0 heterocycles. The van der Waals surface area contributed by atoms with Crippen molar-refractivity contribution in [1.29, 1.82) is 0 Å². The highest BCUT2D eigenvalue weighted by molar-refractivity contribution is 5.39. The Morgan fingerprint density at radius 1 is 1.15 bits per heavy atom. The van der Waals surface area contributed by atoms with Crippen LogP contribution >= 0.6 is 0 Å². The normalized spacial score (nSPS) is 18.6. The van der Waals surface area contributed by atoms with E-state index in [0.717, 1.165) is 0 Å². The molecule has 0 amide bonds. The first-order valence-corrected chi connectivity index (χ1v) is 4.79. The van der Waals surface area contributed by atoms with Gasteiger partial charge in [0, 0.05) is 13.0 Å². The fourth-order valence-corrected chi connectivity index (χ4v) is 1.48. The smallest absolute Gasteiger partial charge is 0.0793 e. The molecule has 1 atom stereocenters. The number of rotatable bonds is 3. The quantitative estimate of drug-likeness (QED) is 0.685. The zero-order chi connectivity index (χ0) is 9.26. The topological polar surface area (TPSA) is 9.23 Å². The summed E-state index contributed by atoms with van der Waals surface area (Å²) in [5.41, 5.74) is 2.67. The molecule has 13 heavy (non-hydrogen) atoms. The molecule has 0 aliphatic heterocycles. The van der Waals surface area contributed by atoms with E-state index < -0.39 is 0 Å². The van der Waals surface area contributed by atoms with E-state index in [9.17, 15) is 0 Å². The van der Waals surface area contributed by atoms with Crippen molar-refractivity contribution in [3.63, 3.8) is 0 Å². The molecule has 0 spiro atoms. The van der Waals surface area contributed by atoms with Crippen molar-refractivity contribution in [3.05, 3.63) is 41.3 Å². The average Bonchev–Trinajstić information content (AvgIpc) is 3.00. The van der Waals surface area contributed by atoms with Gasteiger partial charge in [-0.25, -0.2) is 0 Å². The Morgan fingerprint density at radius 3 is 2.23 bits per heavy atom. The van der Waals surface area contributed by atoms with Crippen molar-refractivity contribution in [2.75, 3.05) is 7.11 Å². The van der Waals surface area contributed by atoms with Gasteiger partial charge in [-0.1, -0.05) is 24.3 Å². The van der Waals surface area contributed by atoms with Crippen LogP contribution in [0.5, 0.6) is 0 Å². The molecule has 2 rings (SSSR count). The Hall–Kier alpha value is -0.820. The van der Waals surface area contributed by atoms with Gasteiger partial charge in [0.2, 0.25) is 0 Å². The Bertz CT molecular complexity index is 272. The Balaban J connectivity index is 2.12. The standard InChI is InChI=1S/C12H15O/c1-9(13-2)10-3-5-11(6-4-10)12-7-8-12/h3-6,9H,7-8H2,1-2H3. The van der Waals surface area contributed by atoms with Crippen LogP contribution in [-0.4, -0.2) is 7.11 Å². The van der Waals surface area contributed by atoms with E-state index in [4.69, 9.17) is 4.74 Å². The molecular weight excluding hydrogens is 160 g/mol. The summed E-state index contributed by atoms with van der Waals surface area (Å²) in [6.07, 6.45) is 2.79. The van der Waals surface area contributed by atoms with Gasteiger partial charge in [-0.3, -0.25) is 0 Å². The highest BCUT2D eigenvalue weighted by Crippen LogP contribution is 2.38. The third kappa shape index (κ3) is 1.92. The molecule has 1 aliphatic carbocycles. The van der Waals surface area contributed by atoms with Crippen LogP contribution in [-0.2, 0) is 4.74 Å². The first-order chi connectivity index (χ1) is 6.31. The van der Waals surface area contributed by atoms with Crippen molar-refractivity contribution in [2.24, 2.45) is 0 Å². The SMILES string of the molecule is COC(C)c1ccc([C]2CC2)cc1. The molecule has 0 saturated heterocycles. The predicted octanol–water partition coefficient (Wildman–Crippen LogP) is 3.11. The second-order valence-electron chi connectivity index (χ2n) is 3.60. The van der Waals surface area contributed by atoms with Crippen LogP contribution in [0.1, 0.15) is 37.0 Å². The Labute approximate surface area is 79.7 Å². The lowest BCUT2D eigenvalue weighted by molar-refractivity contribution is 0.119. The van der Waals surface area contributed by atoms with Crippen LogP contribution in [0.3, 0.4) is 0 Å². The van der Waals surface area contributed by atoms with Crippen LogP contribution in [0.4, 0.5) is 0 Å². The van der Waals surface area contributed by atoms with E-state index in [1.807, 2.05) is 0 Å². The monoisotopic (exact) mass is 175 g/mol. The highest BCUT2D eigenvalue weighted by Gasteiger charge is 2.23. The number of benzene rings is 1. The van der Waals surface area contributed by atoms with Crippen molar-refractivity contribution in [1.82, 2.24) is 0 Å². The zero-order valence-electron chi connectivity index (χ0n) is 8.21. The molecule has 0 aromatic heterocycles. The second-order valence-corrected chi connectivity index (χ2v) is 3.60. The minimum absolute atomic E-state index is 0.207. The molecule has 0 N–H and O–H groups in total. The molecule has 1 saturated carbocycles. The van der Waals surface area contributed by atoms with Crippen molar-refractivity contribution >= 4 is 0 Å². The summed E-state index contributed by atoms with van der Waals surface area (Å²) >= 11 is 0. The molecule has 1 nitrogen and oxygen atoms in total. The van der Waals surface area contributed by atoms with E-state index in [1.165, 1.54) is 24.0 Å². The minimum atomic E-state index is 0.207. The molecule has 1 heteroatoms. The number of ether oxygens (including phenoxy) is 1. The van der Waals surface area contributed by atoms with Gasteiger partial charge >= 0.3 is 0 Å². The van der Waals surface area contributed by atoms with Crippen LogP contribution in [0.15, 0.2) is 24.3 Å². The highest BCUT2D eigenvalue weighted by atomic mass is 16.5. The van der Waals surface area contributed by atoms with E-state index in [-0.39, 0.29) is 6.10 Å². The average molecular weight is 175 g/mol. The maximum atomic E-state index is 5.25. The maximum Gasteiger partial charge on any atom is 0.0793 e. The molecule has 1 fully saturated rings. The van der Waals surface area contributed by atoms with Crippen molar-refractivity contribution in [3.8, 4) is 0 Å². The Morgan fingerprint density at radius 2 is 1.77 bits per heavy atom. The molecule has 1 unspecified atom stereocenters. The minimum Gasteiger partial charge on any atom is -0.377 e. The summed E-state index contributed by atoms with van der Waals surface area (Å²) < 4.78 is 5.25. The van der Waals surface area contributed by atoms with Gasteiger partial charge in [0.15, 0.2) is 0 Å². The lowest BCUT2D eigenvalue weighted by Gasteiger charge is -2.09. The van der Waals surface area contributed by atoms with Gasteiger partial charge in [0.05, 0.1) is 6.10 Å². The Kier molecular flexibility index (Phi) is 2.36. The van der Waals surface area contributed by atoms with Gasteiger partial charge in [-0.15, -0.1) is 0 Å². The van der Waals surface area contributed by atoms with Gasteiger partial charge < -0.3 is 4.74 Å². The third-order valence-electron chi connectivity index (χ3n) is 2.64. The molecule has 69 valence electrons. The summed E-state index contributed by atoms with van der Waals surface area (Å²) in [6.45, 7) is 2.07. The molecule has 0 bridgehead atoms. The predicted molar refractivity (Wildman–Crippen MR) is 53.4 cm³/mol. The van der Waals surface area contributed by atoms with E-state index in [2.05, 4.69) is 31.2 Å². The number of hydrogen-bond donors (Lipinski definition) is 0. The second kappa shape index (κ2) is 3.51. The van der Waals surface area contributed by atoms with Crippen LogP contribution in [0.25, 0.3) is 0 Å². The van der Waals surface area contributed by atoms with Crippen molar-refractivity contribution in [2.45, 2.75) is 25.9 Å². The summed E-state index contributed by atoms with van der Waals surface area (Å²) in [7, 11) is 1.74. The van der Waals surface area contributed by atoms with Gasteiger partial charge in [0.25, 0.3) is 0 Å². The van der Waals surface area contributed by atoms with Crippen LogP contribution < -0.4 is 0 Å². The molecular formula is C12H15O. The zero-order valence-corrected chi connectivity index (χ0v) is 8.21.